The van der Waals surface area contributed by atoms with Gasteiger partial charge in [-0.25, -0.2) is 0 Å². The zero-order valence-electron chi connectivity index (χ0n) is 20.3. The quantitative estimate of drug-likeness (QED) is 0.228. The normalized spacial score (nSPS) is 19.7. The van der Waals surface area contributed by atoms with Crippen LogP contribution < -0.4 is 22.1 Å². The van der Waals surface area contributed by atoms with Crippen molar-refractivity contribution in [1.29, 1.82) is 0 Å². The number of hydrogen-bond acceptors (Lipinski definition) is 4. The lowest BCUT2D eigenvalue weighted by molar-refractivity contribution is -0.126. The van der Waals surface area contributed by atoms with Crippen molar-refractivity contribution in [2.75, 3.05) is 0 Å². The third-order valence-corrected chi connectivity index (χ3v) is 7.32. The molecule has 8 N–H and O–H groups in total. The van der Waals surface area contributed by atoms with Crippen molar-refractivity contribution in [3.63, 3.8) is 0 Å². The lowest BCUT2D eigenvalue weighted by atomic mass is 9.89. The Morgan fingerprint density at radius 1 is 0.750 bits per heavy atom. The van der Waals surface area contributed by atoms with Gasteiger partial charge in [0.05, 0.1) is 12.1 Å². The number of para-hydroxylation sites is 2. The van der Waals surface area contributed by atoms with Crippen LogP contribution in [0.15, 0.2) is 60.9 Å². The first-order valence-corrected chi connectivity index (χ1v) is 12.7. The van der Waals surface area contributed by atoms with Crippen LogP contribution in [0.1, 0.15) is 36.8 Å². The third kappa shape index (κ3) is 5.15. The van der Waals surface area contributed by atoms with Crippen LogP contribution in [-0.2, 0) is 22.4 Å². The van der Waals surface area contributed by atoms with Gasteiger partial charge in [0, 0.05) is 46.3 Å². The summed E-state index contributed by atoms with van der Waals surface area (Å²) in [5, 5.41) is 8.37. The van der Waals surface area contributed by atoms with E-state index in [9.17, 15) is 9.59 Å². The van der Waals surface area contributed by atoms with E-state index in [1.54, 1.807) is 0 Å². The van der Waals surface area contributed by atoms with E-state index in [-0.39, 0.29) is 23.9 Å². The molecule has 36 heavy (non-hydrogen) atoms. The molecule has 1 saturated carbocycles. The van der Waals surface area contributed by atoms with Gasteiger partial charge < -0.3 is 32.1 Å². The molecule has 0 saturated heterocycles. The summed E-state index contributed by atoms with van der Waals surface area (Å²) in [4.78, 5) is 32.4. The Balaban J connectivity index is 1.18. The molecule has 2 heterocycles. The van der Waals surface area contributed by atoms with Gasteiger partial charge in [-0.1, -0.05) is 49.2 Å². The van der Waals surface area contributed by atoms with Crippen LogP contribution in [0.2, 0.25) is 0 Å². The second-order valence-electron chi connectivity index (χ2n) is 9.85. The molecule has 5 rings (SSSR count). The fraction of sp³-hybridized carbons (Fsp3) is 0.357. The van der Waals surface area contributed by atoms with Crippen LogP contribution in [0.5, 0.6) is 0 Å². The molecule has 8 heteroatoms. The molecule has 0 radical (unpaired) electrons. The highest BCUT2D eigenvalue weighted by Gasteiger charge is 2.30. The van der Waals surface area contributed by atoms with E-state index in [0.29, 0.717) is 12.8 Å². The van der Waals surface area contributed by atoms with Gasteiger partial charge in [0.2, 0.25) is 11.8 Å². The van der Waals surface area contributed by atoms with Gasteiger partial charge in [-0.2, -0.15) is 0 Å². The summed E-state index contributed by atoms with van der Waals surface area (Å²) < 4.78 is 0. The van der Waals surface area contributed by atoms with Crippen LogP contribution in [0, 0.1) is 0 Å². The van der Waals surface area contributed by atoms with E-state index in [2.05, 4.69) is 20.6 Å². The van der Waals surface area contributed by atoms with Gasteiger partial charge in [0.25, 0.3) is 0 Å². The summed E-state index contributed by atoms with van der Waals surface area (Å²) in [5.41, 5.74) is 16.7. The Hall–Kier alpha value is -3.62. The lowest BCUT2D eigenvalue weighted by Crippen LogP contribution is -2.58. The lowest BCUT2D eigenvalue weighted by Gasteiger charge is -2.34. The predicted molar refractivity (Wildman–Crippen MR) is 142 cm³/mol. The maximum absolute atomic E-state index is 13.0. The van der Waals surface area contributed by atoms with Gasteiger partial charge in [0.15, 0.2) is 0 Å². The molecular formula is C28H34N6O2. The number of H-pyrrole nitrogens is 2. The van der Waals surface area contributed by atoms with E-state index in [0.717, 1.165) is 58.6 Å². The largest absolute Gasteiger partial charge is 0.361 e. The van der Waals surface area contributed by atoms with Crippen molar-refractivity contribution < 1.29 is 9.59 Å². The van der Waals surface area contributed by atoms with Crippen molar-refractivity contribution in [1.82, 2.24) is 20.6 Å². The minimum atomic E-state index is -0.674. The number of aromatic nitrogens is 2. The number of carbonyl (C=O) groups excluding carboxylic acids is 2. The van der Waals surface area contributed by atoms with Gasteiger partial charge in [-0.3, -0.25) is 9.59 Å². The molecule has 2 aromatic heterocycles. The summed E-state index contributed by atoms with van der Waals surface area (Å²) in [7, 11) is 0. The SMILES string of the molecule is NC(Cc1c[nH]c2ccccc12)C(=O)NC1CCCCC1NC(=O)C(N)Cc1c[nH]c2ccccc12. The maximum atomic E-state index is 13.0. The van der Waals surface area contributed by atoms with Crippen LogP contribution in [0.3, 0.4) is 0 Å². The first-order chi connectivity index (χ1) is 17.5. The van der Waals surface area contributed by atoms with Gasteiger partial charge in [-0.05, 0) is 48.9 Å². The molecule has 188 valence electrons. The van der Waals surface area contributed by atoms with Gasteiger partial charge in [-0.15, -0.1) is 0 Å². The standard InChI is InChI=1S/C28H34N6O2/c29-21(13-17-15-31-23-9-3-1-7-19(17)23)27(35)33-25-11-5-6-12-26(25)34-28(36)22(30)14-18-16-32-24-10-4-2-8-20(18)24/h1-4,7-10,15-16,21-22,25-26,31-32H,5-6,11-14,29-30H2,(H,33,35)(H,34,36). The van der Waals surface area contributed by atoms with E-state index >= 15 is 0 Å². The van der Waals surface area contributed by atoms with Crippen molar-refractivity contribution in [2.45, 2.75) is 62.7 Å². The Kier molecular flexibility index (Phi) is 7.06. The number of hydrogen-bond donors (Lipinski definition) is 6. The summed E-state index contributed by atoms with van der Waals surface area (Å²) in [5.74, 6) is -0.399. The fourth-order valence-corrected chi connectivity index (χ4v) is 5.32. The minimum absolute atomic E-state index is 0.162. The number of rotatable bonds is 8. The first-order valence-electron chi connectivity index (χ1n) is 12.7. The second kappa shape index (κ2) is 10.6. The average Bonchev–Trinajstić information content (AvgIpc) is 3.49. The topological polar surface area (TPSA) is 142 Å². The summed E-state index contributed by atoms with van der Waals surface area (Å²) >= 11 is 0. The summed E-state index contributed by atoms with van der Waals surface area (Å²) in [6.45, 7) is 0. The Bertz CT molecular complexity index is 1250. The molecule has 0 aliphatic heterocycles. The molecule has 2 aromatic carbocycles. The number of amides is 2. The average molecular weight is 487 g/mol. The highest BCUT2D eigenvalue weighted by Crippen LogP contribution is 2.22. The molecule has 1 aliphatic carbocycles. The molecule has 4 atom stereocenters. The Morgan fingerprint density at radius 2 is 1.17 bits per heavy atom. The third-order valence-electron chi connectivity index (χ3n) is 7.32. The van der Waals surface area contributed by atoms with Gasteiger partial charge >= 0.3 is 0 Å². The number of carbonyl (C=O) groups is 2. The Morgan fingerprint density at radius 3 is 1.61 bits per heavy atom. The molecule has 0 bridgehead atoms. The van der Waals surface area contributed by atoms with Crippen LogP contribution in [0.4, 0.5) is 0 Å². The number of nitrogens with one attached hydrogen (secondary N) is 4. The predicted octanol–water partition coefficient (Wildman–Crippen LogP) is 2.63. The van der Waals surface area contributed by atoms with E-state index in [1.165, 1.54) is 0 Å². The van der Waals surface area contributed by atoms with Crippen molar-refractivity contribution in [3.05, 3.63) is 72.1 Å². The van der Waals surface area contributed by atoms with Crippen molar-refractivity contribution in [2.24, 2.45) is 11.5 Å². The van der Waals surface area contributed by atoms with Gasteiger partial charge in [0.1, 0.15) is 0 Å². The minimum Gasteiger partial charge on any atom is -0.361 e. The zero-order valence-corrected chi connectivity index (χ0v) is 20.3. The van der Waals surface area contributed by atoms with E-state index in [1.807, 2.05) is 60.9 Å². The molecule has 8 nitrogen and oxygen atoms in total. The summed E-state index contributed by atoms with van der Waals surface area (Å²) in [6, 6.07) is 14.3. The van der Waals surface area contributed by atoms with Crippen LogP contribution in [0.25, 0.3) is 21.8 Å². The van der Waals surface area contributed by atoms with Crippen LogP contribution in [-0.4, -0.2) is 45.9 Å². The number of nitrogens with two attached hydrogens (primary N) is 2. The molecule has 2 amide bonds. The van der Waals surface area contributed by atoms with E-state index in [4.69, 9.17) is 11.5 Å². The number of benzene rings is 2. The molecule has 4 aromatic rings. The second-order valence-corrected chi connectivity index (χ2v) is 9.85. The molecular weight excluding hydrogens is 452 g/mol. The molecule has 4 unspecified atom stereocenters. The summed E-state index contributed by atoms with van der Waals surface area (Å²) in [6.07, 6.45) is 8.30. The Labute approximate surface area is 210 Å². The number of aromatic amines is 2. The van der Waals surface area contributed by atoms with Crippen molar-refractivity contribution >= 4 is 33.6 Å². The van der Waals surface area contributed by atoms with Crippen molar-refractivity contribution in [3.8, 4) is 0 Å². The molecule has 1 fully saturated rings. The fourth-order valence-electron chi connectivity index (χ4n) is 5.32. The maximum Gasteiger partial charge on any atom is 0.237 e. The smallest absolute Gasteiger partial charge is 0.237 e. The van der Waals surface area contributed by atoms with Crippen LogP contribution >= 0.6 is 0 Å². The highest BCUT2D eigenvalue weighted by molar-refractivity contribution is 5.87. The first kappa shape index (κ1) is 24.1. The monoisotopic (exact) mass is 486 g/mol. The number of fused-ring (bicyclic) bond motifs is 2. The zero-order chi connectivity index (χ0) is 25.1. The molecule has 0 spiro atoms. The highest BCUT2D eigenvalue weighted by atomic mass is 16.2. The molecule has 1 aliphatic rings. The van der Waals surface area contributed by atoms with E-state index < -0.39 is 12.1 Å².